The van der Waals surface area contributed by atoms with E-state index < -0.39 is 28.8 Å². The van der Waals surface area contributed by atoms with Crippen LogP contribution >= 0.6 is 0 Å². The average Bonchev–Trinajstić information content (AvgIpc) is 2.02. The van der Waals surface area contributed by atoms with Gasteiger partial charge in [0.05, 0.1) is 11.5 Å². The molecule has 0 amide bonds. The summed E-state index contributed by atoms with van der Waals surface area (Å²) in [4.78, 5) is 20.8. The molecule has 1 aromatic rings. The van der Waals surface area contributed by atoms with Crippen molar-refractivity contribution in [2.45, 2.75) is 0 Å². The number of carbonyl (C=O) groups is 2. The maximum Gasteiger partial charge on any atom is 1.00 e. The molecule has 0 fully saturated rings. The van der Waals surface area contributed by atoms with Crippen LogP contribution in [-0.2, 0) is 0 Å². The SMILES string of the molecule is O=C([O-])c1cccc([O-])c1C(=O)O.[K+].[K+]. The van der Waals surface area contributed by atoms with Gasteiger partial charge in [0, 0.05) is 5.56 Å². The molecular formula is C8H4K2O5. The Morgan fingerprint density at radius 3 is 2.07 bits per heavy atom. The molecule has 0 aromatic heterocycles. The van der Waals surface area contributed by atoms with Gasteiger partial charge < -0.3 is 20.1 Å². The average molecular weight is 258 g/mol. The molecule has 0 heterocycles. The molecular weight excluding hydrogens is 254 g/mol. The Balaban J connectivity index is 0. The van der Waals surface area contributed by atoms with Gasteiger partial charge in [0.1, 0.15) is 0 Å². The molecule has 1 aromatic carbocycles. The second-order valence-electron chi connectivity index (χ2n) is 2.27. The summed E-state index contributed by atoms with van der Waals surface area (Å²) in [6.07, 6.45) is 0. The van der Waals surface area contributed by atoms with Gasteiger partial charge in [0.2, 0.25) is 0 Å². The van der Waals surface area contributed by atoms with Crippen LogP contribution in [0.5, 0.6) is 5.75 Å². The summed E-state index contributed by atoms with van der Waals surface area (Å²) < 4.78 is 0. The van der Waals surface area contributed by atoms with Crippen molar-refractivity contribution in [2.75, 3.05) is 0 Å². The third-order valence-corrected chi connectivity index (χ3v) is 1.46. The fourth-order valence-electron chi connectivity index (χ4n) is 0.922. The van der Waals surface area contributed by atoms with Crippen LogP contribution in [0.2, 0.25) is 0 Å². The first-order valence-corrected chi connectivity index (χ1v) is 3.28. The van der Waals surface area contributed by atoms with E-state index in [2.05, 4.69) is 0 Å². The smallest absolute Gasteiger partial charge is 0.872 e. The van der Waals surface area contributed by atoms with E-state index >= 15 is 0 Å². The van der Waals surface area contributed by atoms with E-state index in [1.807, 2.05) is 0 Å². The zero-order chi connectivity index (χ0) is 10.0. The number of carboxylic acid groups (broad SMARTS) is 2. The maximum absolute atomic E-state index is 10.9. The first-order chi connectivity index (χ1) is 6.04. The molecule has 7 heteroatoms. The van der Waals surface area contributed by atoms with Crippen molar-refractivity contribution in [3.8, 4) is 5.75 Å². The van der Waals surface area contributed by atoms with E-state index in [0.717, 1.165) is 12.1 Å². The first-order valence-electron chi connectivity index (χ1n) is 3.28. The molecule has 0 aliphatic carbocycles. The number of carbonyl (C=O) groups excluding carboxylic acids is 1. The number of carboxylic acids is 2. The number of hydrogen-bond acceptors (Lipinski definition) is 4. The van der Waals surface area contributed by atoms with Crippen molar-refractivity contribution in [3.05, 3.63) is 29.3 Å². The topological polar surface area (TPSA) is 100 Å². The monoisotopic (exact) mass is 258 g/mol. The van der Waals surface area contributed by atoms with Gasteiger partial charge in [-0.25, -0.2) is 4.79 Å². The quantitative estimate of drug-likeness (QED) is 0.531. The van der Waals surface area contributed by atoms with Gasteiger partial charge in [-0.2, -0.15) is 0 Å². The summed E-state index contributed by atoms with van der Waals surface area (Å²) >= 11 is 0. The van der Waals surface area contributed by atoms with Crippen molar-refractivity contribution in [1.29, 1.82) is 0 Å². The van der Waals surface area contributed by atoms with Gasteiger partial charge in [0.15, 0.2) is 0 Å². The molecule has 15 heavy (non-hydrogen) atoms. The van der Waals surface area contributed by atoms with Crippen LogP contribution in [0.15, 0.2) is 18.2 Å². The molecule has 0 bridgehead atoms. The van der Waals surface area contributed by atoms with Crippen LogP contribution in [0.1, 0.15) is 20.7 Å². The van der Waals surface area contributed by atoms with Gasteiger partial charge in [-0.3, -0.25) is 0 Å². The Bertz CT molecular complexity index is 377. The summed E-state index contributed by atoms with van der Waals surface area (Å²) in [5, 5.41) is 29.8. The Kier molecular flexibility index (Phi) is 10.3. The minimum Gasteiger partial charge on any atom is -0.872 e. The van der Waals surface area contributed by atoms with Crippen LogP contribution in [-0.4, -0.2) is 17.0 Å². The summed E-state index contributed by atoms with van der Waals surface area (Å²) in [5.41, 5.74) is -1.36. The molecule has 0 aliphatic heterocycles. The van der Waals surface area contributed by atoms with Gasteiger partial charge in [0.25, 0.3) is 0 Å². The zero-order valence-electron chi connectivity index (χ0n) is 8.31. The van der Waals surface area contributed by atoms with E-state index in [-0.39, 0.29) is 103 Å². The van der Waals surface area contributed by atoms with Crippen LogP contribution in [0, 0.1) is 0 Å². The predicted molar refractivity (Wildman–Crippen MR) is 37.2 cm³/mol. The molecule has 0 spiro atoms. The summed E-state index contributed by atoms with van der Waals surface area (Å²) in [7, 11) is 0. The second-order valence-corrected chi connectivity index (χ2v) is 2.27. The third-order valence-electron chi connectivity index (χ3n) is 1.46. The largest absolute Gasteiger partial charge is 1.00 e. The minimum atomic E-state index is -1.67. The van der Waals surface area contributed by atoms with E-state index in [1.54, 1.807) is 0 Å². The van der Waals surface area contributed by atoms with Crippen molar-refractivity contribution in [3.63, 3.8) is 0 Å². The number of rotatable bonds is 2. The summed E-state index contributed by atoms with van der Waals surface area (Å²) in [6, 6.07) is 3.16. The Hall–Kier alpha value is 1.23. The molecule has 5 nitrogen and oxygen atoms in total. The number of aromatic carboxylic acids is 2. The normalized spacial score (nSPS) is 8.27. The van der Waals surface area contributed by atoms with Crippen LogP contribution in [0.25, 0.3) is 0 Å². The van der Waals surface area contributed by atoms with E-state index in [0.29, 0.717) is 0 Å². The summed E-state index contributed by atoms with van der Waals surface area (Å²) in [6.45, 7) is 0. The number of benzene rings is 1. The summed E-state index contributed by atoms with van der Waals surface area (Å²) in [5.74, 6) is -4.07. The molecule has 0 aliphatic rings. The molecule has 1 N–H and O–H groups in total. The van der Waals surface area contributed by atoms with Crippen LogP contribution in [0.3, 0.4) is 0 Å². The van der Waals surface area contributed by atoms with E-state index in [1.165, 1.54) is 6.07 Å². The molecule has 0 saturated heterocycles. The van der Waals surface area contributed by atoms with Gasteiger partial charge in [-0.15, -0.1) is 0 Å². The second kappa shape index (κ2) is 8.34. The molecule has 0 atom stereocenters. The minimum absolute atomic E-state index is 0. The first kappa shape index (κ1) is 18.6. The van der Waals surface area contributed by atoms with Crippen LogP contribution < -0.4 is 113 Å². The molecule has 1 rings (SSSR count). The van der Waals surface area contributed by atoms with Crippen LogP contribution in [0.4, 0.5) is 0 Å². The number of hydrogen-bond donors (Lipinski definition) is 1. The van der Waals surface area contributed by atoms with Crippen molar-refractivity contribution < 1.29 is 128 Å². The van der Waals surface area contributed by atoms with Gasteiger partial charge >= 0.3 is 109 Å². The van der Waals surface area contributed by atoms with Gasteiger partial charge in [-0.1, -0.05) is 23.9 Å². The van der Waals surface area contributed by atoms with Crippen molar-refractivity contribution in [2.24, 2.45) is 0 Å². The standard InChI is InChI=1S/C8H6O5.2K/c9-5-3-1-2-4(7(10)11)6(5)8(12)13;;/h1-3,9H,(H,10,11)(H,12,13);;/q;2*+1/p-2. The third kappa shape index (κ3) is 4.94. The molecule has 0 saturated carbocycles. The maximum atomic E-state index is 10.9. The van der Waals surface area contributed by atoms with Gasteiger partial charge in [-0.05, 0) is 0 Å². The predicted octanol–water partition coefficient (Wildman–Crippen LogP) is -7.17. The van der Waals surface area contributed by atoms with Crippen molar-refractivity contribution >= 4 is 11.9 Å². The fraction of sp³-hybridized carbons (Fsp3) is 0. The van der Waals surface area contributed by atoms with E-state index in [4.69, 9.17) is 5.11 Å². The zero-order valence-corrected chi connectivity index (χ0v) is 14.6. The van der Waals surface area contributed by atoms with Crippen molar-refractivity contribution in [1.82, 2.24) is 0 Å². The fourth-order valence-corrected chi connectivity index (χ4v) is 0.922. The Morgan fingerprint density at radius 2 is 1.73 bits per heavy atom. The molecule has 0 unspecified atom stereocenters. The Morgan fingerprint density at radius 1 is 1.20 bits per heavy atom. The van der Waals surface area contributed by atoms with E-state index in [9.17, 15) is 19.8 Å². The molecule has 68 valence electrons. The molecule has 0 radical (unpaired) electrons. The Labute approximate surface area is 171 Å².